The molecule has 0 aliphatic heterocycles. The van der Waals surface area contributed by atoms with Crippen LogP contribution in [0.3, 0.4) is 0 Å². The van der Waals surface area contributed by atoms with Crippen molar-refractivity contribution in [1.29, 1.82) is 0 Å². The third-order valence-electron chi connectivity index (χ3n) is 7.06. The Balaban J connectivity index is 0.00000325. The number of hydrogen-bond acceptors (Lipinski definition) is 12. The normalized spacial score (nSPS) is 11.8. The summed E-state index contributed by atoms with van der Waals surface area (Å²) >= 11 is 0. The predicted molar refractivity (Wildman–Crippen MR) is 173 cm³/mol. The van der Waals surface area contributed by atoms with Crippen molar-refractivity contribution in [1.82, 2.24) is 0 Å². The Morgan fingerprint density at radius 3 is 1.96 bits per heavy atom. The van der Waals surface area contributed by atoms with Crippen molar-refractivity contribution in [3.63, 3.8) is 0 Å². The zero-order valence-corrected chi connectivity index (χ0v) is 33.0. The minimum Gasteiger partial charge on any atom is -0.871 e. The molecule has 0 saturated carbocycles. The van der Waals surface area contributed by atoms with E-state index >= 15 is 0 Å². The number of fused-ring (bicyclic) bond motifs is 1. The van der Waals surface area contributed by atoms with Gasteiger partial charge in [-0.25, -0.2) is 8.42 Å². The van der Waals surface area contributed by atoms with Gasteiger partial charge in [-0.15, -0.1) is 20.5 Å². The van der Waals surface area contributed by atoms with Gasteiger partial charge in [-0.3, -0.25) is 4.55 Å². The maximum atomic E-state index is 13.5. The summed E-state index contributed by atoms with van der Waals surface area (Å²) in [5, 5.41) is 33.3. The van der Waals surface area contributed by atoms with E-state index < -0.39 is 41.5 Å². The fraction of sp³-hybridized carbons (Fsp3) is 0.125. The second kappa shape index (κ2) is 16.2. The van der Waals surface area contributed by atoms with E-state index in [0.29, 0.717) is 28.1 Å². The third-order valence-corrected chi connectivity index (χ3v) is 8.78. The minimum atomic E-state index is -4.95. The molecule has 13 nitrogen and oxygen atoms in total. The molecule has 0 aliphatic rings. The van der Waals surface area contributed by atoms with Gasteiger partial charge in [-0.05, 0) is 90.7 Å². The van der Waals surface area contributed by atoms with E-state index in [1.165, 1.54) is 31.4 Å². The molecule has 0 unspecified atom stereocenters. The van der Waals surface area contributed by atoms with Gasteiger partial charge < -0.3 is 19.7 Å². The van der Waals surface area contributed by atoms with Crippen molar-refractivity contribution < 1.29 is 94.9 Å². The second-order valence-corrected chi connectivity index (χ2v) is 13.3. The summed E-state index contributed by atoms with van der Waals surface area (Å²) in [4.78, 5) is -1.32. The summed E-state index contributed by atoms with van der Waals surface area (Å²) in [6.07, 6.45) is 0. The zero-order valence-electron chi connectivity index (χ0n) is 27.4. The molecule has 5 aromatic carbocycles. The number of aryl methyl sites for hydroxylation is 3. The van der Waals surface area contributed by atoms with Gasteiger partial charge in [-0.2, -0.15) is 8.42 Å². The summed E-state index contributed by atoms with van der Waals surface area (Å²) in [5.74, 6) is -0.455. The first-order chi connectivity index (χ1) is 22.2. The molecule has 5 aromatic rings. The number of benzene rings is 5. The number of rotatable bonds is 9. The molecule has 0 saturated heterocycles. The van der Waals surface area contributed by atoms with Crippen LogP contribution < -0.4 is 74.3 Å². The number of azo groups is 2. The van der Waals surface area contributed by atoms with Crippen LogP contribution in [0.5, 0.6) is 11.5 Å². The van der Waals surface area contributed by atoms with Gasteiger partial charge in [0.25, 0.3) is 10.1 Å². The average Bonchev–Trinajstić information content (AvgIpc) is 3.00. The standard InChI is InChI=1S/C32H29N5O8S2.2Na/c1-18-12-20(3)30(28(13-18)46(39,40)41)36-35-26-17-27(45-4)19(2)14-25(26)34-37-31-29(47(42,43)44)16-21-15-23(10-11-24(21)32(31)38)33-22-8-6-5-7-9-22;;/h5-17,33,38H,1-4H3,(H,39,40,41)(H,42,43,44);;/q;2*+1/p-2. The second-order valence-electron chi connectivity index (χ2n) is 10.5. The predicted octanol–water partition coefficient (Wildman–Crippen LogP) is 1.58. The van der Waals surface area contributed by atoms with Gasteiger partial charge >= 0.3 is 59.1 Å². The van der Waals surface area contributed by atoms with Crippen LogP contribution in [-0.2, 0) is 20.2 Å². The number of para-hydroxylation sites is 1. The van der Waals surface area contributed by atoms with Gasteiger partial charge in [0.15, 0.2) is 0 Å². The van der Waals surface area contributed by atoms with Crippen LogP contribution >= 0.6 is 0 Å². The van der Waals surface area contributed by atoms with Gasteiger partial charge in [0, 0.05) is 17.4 Å². The molecule has 49 heavy (non-hydrogen) atoms. The van der Waals surface area contributed by atoms with Crippen LogP contribution in [0, 0.1) is 20.8 Å². The van der Waals surface area contributed by atoms with E-state index in [2.05, 4.69) is 25.8 Å². The molecule has 0 fully saturated rings. The van der Waals surface area contributed by atoms with Crippen LogP contribution in [0.15, 0.2) is 109 Å². The van der Waals surface area contributed by atoms with Crippen LogP contribution in [0.4, 0.5) is 34.1 Å². The first kappa shape index (κ1) is 40.2. The van der Waals surface area contributed by atoms with Crippen LogP contribution in [0.1, 0.15) is 16.7 Å². The first-order valence-corrected chi connectivity index (χ1v) is 16.7. The Bertz CT molecular complexity index is 2320. The molecular formula is C32H27N5Na2O8S2. The van der Waals surface area contributed by atoms with Crippen LogP contribution in [0.25, 0.3) is 10.8 Å². The number of nitrogens with zero attached hydrogens (tertiary/aromatic N) is 4. The number of hydrogen-bond donors (Lipinski definition) is 2. The smallest absolute Gasteiger partial charge is 0.871 e. The molecule has 0 heterocycles. The van der Waals surface area contributed by atoms with E-state index in [4.69, 9.17) is 4.74 Å². The molecule has 5 rings (SSSR count). The Hall–Kier alpha value is -3.22. The molecule has 0 atom stereocenters. The molecule has 0 bridgehead atoms. The maximum Gasteiger partial charge on any atom is 1.00 e. The number of anilines is 2. The summed E-state index contributed by atoms with van der Waals surface area (Å²) in [7, 11) is -8.45. The fourth-order valence-corrected chi connectivity index (χ4v) is 6.31. The molecule has 0 aliphatic carbocycles. The van der Waals surface area contributed by atoms with E-state index in [9.17, 15) is 31.0 Å². The van der Waals surface area contributed by atoms with E-state index in [0.717, 1.165) is 11.8 Å². The van der Waals surface area contributed by atoms with E-state index in [-0.39, 0.29) is 86.9 Å². The molecule has 0 radical (unpaired) electrons. The first-order valence-electron chi connectivity index (χ1n) is 13.8. The summed E-state index contributed by atoms with van der Waals surface area (Å²) < 4.78 is 76.2. The van der Waals surface area contributed by atoms with Crippen molar-refractivity contribution in [2.45, 2.75) is 30.6 Å². The van der Waals surface area contributed by atoms with Crippen molar-refractivity contribution in [2.24, 2.45) is 20.5 Å². The Labute approximate surface area is 327 Å². The van der Waals surface area contributed by atoms with Gasteiger partial charge in [0.1, 0.15) is 37.8 Å². The largest absolute Gasteiger partial charge is 1.00 e. The monoisotopic (exact) mass is 719 g/mol. The van der Waals surface area contributed by atoms with E-state index in [1.807, 2.05) is 30.3 Å². The third kappa shape index (κ3) is 9.32. The summed E-state index contributed by atoms with van der Waals surface area (Å²) in [6.45, 7) is 4.88. The SMILES string of the molecule is COc1cc(N=Nc2c(C)cc(C)cc2S(=O)(=O)[O-])c(N=Nc2c(S(=O)(=O)O)cc3cc(Nc4ccccc4)ccc3c2[O-])cc1C.[Na+].[Na+]. The molecule has 2 N–H and O–H groups in total. The van der Waals surface area contributed by atoms with Crippen molar-refractivity contribution in [2.75, 3.05) is 12.4 Å². The van der Waals surface area contributed by atoms with Crippen molar-refractivity contribution in [3.05, 3.63) is 95.6 Å². The molecule has 242 valence electrons. The molecule has 0 spiro atoms. The summed E-state index contributed by atoms with van der Waals surface area (Å²) in [6, 6.07) is 20.7. The topological polar surface area (TPSA) is 205 Å². The average molecular weight is 720 g/mol. The number of ether oxygens (including phenoxy) is 1. The zero-order chi connectivity index (χ0) is 34.1. The Morgan fingerprint density at radius 2 is 1.35 bits per heavy atom. The molecule has 0 aromatic heterocycles. The molecular weight excluding hydrogens is 692 g/mol. The van der Waals surface area contributed by atoms with Crippen molar-refractivity contribution >= 4 is 65.1 Å². The maximum absolute atomic E-state index is 13.5. The fourth-order valence-electron chi connectivity index (χ4n) is 4.88. The molecule has 17 heteroatoms. The number of nitrogens with one attached hydrogen (secondary N) is 1. The van der Waals surface area contributed by atoms with Gasteiger partial charge in [0.05, 0.1) is 17.7 Å². The van der Waals surface area contributed by atoms with Crippen LogP contribution in [-0.4, -0.2) is 33.1 Å². The van der Waals surface area contributed by atoms with Gasteiger partial charge in [0.2, 0.25) is 0 Å². The summed E-state index contributed by atoms with van der Waals surface area (Å²) in [5.41, 5.74) is 1.95. The van der Waals surface area contributed by atoms with E-state index in [1.54, 1.807) is 39.0 Å². The van der Waals surface area contributed by atoms with Crippen molar-refractivity contribution in [3.8, 4) is 11.5 Å². The molecule has 0 amide bonds. The Morgan fingerprint density at radius 1 is 0.714 bits per heavy atom. The quantitative estimate of drug-likeness (QED) is 0.129. The Kier molecular flexibility index (Phi) is 13.3. The van der Waals surface area contributed by atoms with Gasteiger partial charge in [-0.1, -0.05) is 36.1 Å². The number of methoxy groups -OCH3 is 1. The minimum absolute atomic E-state index is 0. The van der Waals surface area contributed by atoms with Crippen LogP contribution in [0.2, 0.25) is 0 Å².